The molecule has 1 heterocycles. The van der Waals surface area contributed by atoms with Gasteiger partial charge < -0.3 is 17.0 Å². The van der Waals surface area contributed by atoms with Crippen molar-refractivity contribution in [3.8, 4) is 0 Å². The number of unbranched alkanes of at least 4 members (excludes halogenated alkanes) is 2. The number of nitrogens with one attached hydrogen (secondary N) is 1. The molecule has 0 saturated heterocycles. The van der Waals surface area contributed by atoms with E-state index in [0.717, 1.165) is 13.0 Å². The summed E-state index contributed by atoms with van der Waals surface area (Å²) in [6, 6.07) is 8.62. The zero-order chi connectivity index (χ0) is 12.1. The number of imidazole rings is 1. The Morgan fingerprint density at radius 3 is 2.50 bits per heavy atom. The number of para-hydroxylation sites is 2. The van der Waals surface area contributed by atoms with Crippen molar-refractivity contribution in [1.29, 1.82) is 0 Å². The van der Waals surface area contributed by atoms with Crippen LogP contribution in [0.4, 0.5) is 0 Å². The number of nitrogens with zero attached hydrogens (tertiary/aromatic N) is 1. The molecule has 2 aromatic rings. The number of aryl methyl sites for hydroxylation is 2. The molecule has 0 radical (unpaired) electrons. The van der Waals surface area contributed by atoms with Crippen molar-refractivity contribution >= 4 is 11.0 Å². The van der Waals surface area contributed by atoms with Gasteiger partial charge in [0.2, 0.25) is 0 Å². The standard InChI is InChI=1S/C15H22N2.BrH/c1-3-5-11-15-16-13-9-7-8-10-14(13)17(15)12-6-4-2;/h7-10H,3-6,11-12H2,1-2H3;1H. The maximum Gasteiger partial charge on any atom is 0.255 e. The zero-order valence-electron chi connectivity index (χ0n) is 11.4. The molecule has 1 N–H and O–H groups in total. The number of fused-ring (bicyclic) bond motifs is 1. The van der Waals surface area contributed by atoms with E-state index in [4.69, 9.17) is 0 Å². The molecule has 0 amide bonds. The first-order valence-corrected chi connectivity index (χ1v) is 6.86. The number of aromatic nitrogens is 2. The fourth-order valence-electron chi connectivity index (χ4n) is 2.30. The van der Waals surface area contributed by atoms with E-state index in [0.29, 0.717) is 0 Å². The fourth-order valence-corrected chi connectivity index (χ4v) is 2.30. The smallest absolute Gasteiger partial charge is 0.255 e. The molecule has 0 bridgehead atoms. The summed E-state index contributed by atoms with van der Waals surface area (Å²) < 4.78 is 2.47. The van der Waals surface area contributed by atoms with E-state index in [1.165, 1.54) is 42.5 Å². The Bertz CT molecular complexity index is 476. The third-order valence-electron chi connectivity index (χ3n) is 3.30. The lowest BCUT2D eigenvalue weighted by Gasteiger charge is -2.00. The summed E-state index contributed by atoms with van der Waals surface area (Å²) in [4.78, 5) is 3.57. The minimum atomic E-state index is 0. The number of H-pyrrole nitrogens is 1. The van der Waals surface area contributed by atoms with Crippen molar-refractivity contribution in [3.63, 3.8) is 0 Å². The van der Waals surface area contributed by atoms with E-state index >= 15 is 0 Å². The molecular weight excluding hydrogens is 288 g/mol. The van der Waals surface area contributed by atoms with Gasteiger partial charge in [-0.25, -0.2) is 9.55 Å². The fraction of sp³-hybridized carbons (Fsp3) is 0.533. The van der Waals surface area contributed by atoms with Crippen LogP contribution >= 0.6 is 0 Å². The number of rotatable bonds is 6. The zero-order valence-corrected chi connectivity index (χ0v) is 13.0. The lowest BCUT2D eigenvalue weighted by atomic mass is 10.2. The summed E-state index contributed by atoms with van der Waals surface area (Å²) in [7, 11) is 0. The molecule has 0 aliphatic rings. The second-order valence-electron chi connectivity index (χ2n) is 4.70. The van der Waals surface area contributed by atoms with Gasteiger partial charge >= 0.3 is 0 Å². The molecule has 3 heteroatoms. The maximum absolute atomic E-state index is 3.57. The van der Waals surface area contributed by atoms with Crippen molar-refractivity contribution in [3.05, 3.63) is 30.1 Å². The van der Waals surface area contributed by atoms with Crippen molar-refractivity contribution < 1.29 is 21.5 Å². The Hall–Kier alpha value is -0.830. The third-order valence-corrected chi connectivity index (χ3v) is 3.30. The molecule has 0 atom stereocenters. The van der Waals surface area contributed by atoms with Gasteiger partial charge in [-0.15, -0.1) is 0 Å². The van der Waals surface area contributed by atoms with Crippen LogP contribution in [0, 0.1) is 0 Å². The lowest BCUT2D eigenvalue weighted by molar-refractivity contribution is -0.679. The molecule has 0 saturated carbocycles. The Balaban J connectivity index is 0.00000162. The topological polar surface area (TPSA) is 19.7 Å². The largest absolute Gasteiger partial charge is 1.00 e. The molecule has 2 rings (SSSR count). The van der Waals surface area contributed by atoms with Gasteiger partial charge in [-0.2, -0.15) is 0 Å². The predicted molar refractivity (Wildman–Crippen MR) is 72.0 cm³/mol. The van der Waals surface area contributed by atoms with Crippen molar-refractivity contribution in [2.75, 3.05) is 0 Å². The third kappa shape index (κ3) is 3.35. The van der Waals surface area contributed by atoms with Crippen molar-refractivity contribution in [1.82, 2.24) is 4.98 Å². The minimum absolute atomic E-state index is 0. The summed E-state index contributed by atoms with van der Waals surface area (Å²) in [5.74, 6) is 1.39. The van der Waals surface area contributed by atoms with Crippen LogP contribution in [0.1, 0.15) is 45.4 Å². The highest BCUT2D eigenvalue weighted by atomic mass is 79.9. The first kappa shape index (κ1) is 15.2. The van der Waals surface area contributed by atoms with Gasteiger partial charge in [-0.3, -0.25) is 0 Å². The molecule has 1 aromatic heterocycles. The van der Waals surface area contributed by atoms with Crippen LogP contribution in [-0.4, -0.2) is 4.98 Å². The quantitative estimate of drug-likeness (QED) is 0.754. The van der Waals surface area contributed by atoms with Crippen LogP contribution in [0.5, 0.6) is 0 Å². The summed E-state index contributed by atoms with van der Waals surface area (Å²) in [6.07, 6.45) is 6.18. The van der Waals surface area contributed by atoms with Crippen LogP contribution in [0.15, 0.2) is 24.3 Å². The molecule has 0 spiro atoms. The first-order chi connectivity index (χ1) is 8.36. The van der Waals surface area contributed by atoms with E-state index in [2.05, 4.69) is 47.7 Å². The molecule has 0 fully saturated rings. The highest BCUT2D eigenvalue weighted by Gasteiger charge is 2.16. The molecule has 0 aliphatic heterocycles. The summed E-state index contributed by atoms with van der Waals surface area (Å²) in [5.41, 5.74) is 2.63. The Labute approximate surface area is 120 Å². The highest BCUT2D eigenvalue weighted by molar-refractivity contribution is 5.70. The van der Waals surface area contributed by atoms with Gasteiger partial charge in [0.15, 0.2) is 11.0 Å². The predicted octanol–water partition coefficient (Wildman–Crippen LogP) is 0.602. The maximum atomic E-state index is 3.57. The van der Waals surface area contributed by atoms with Gasteiger partial charge in [0.25, 0.3) is 5.82 Å². The SMILES string of the molecule is CCCCc1[nH]c2ccccc2[n+]1CCCC.[Br-]. The van der Waals surface area contributed by atoms with Crippen molar-refractivity contribution in [2.45, 2.75) is 52.5 Å². The van der Waals surface area contributed by atoms with Crippen molar-refractivity contribution in [2.24, 2.45) is 0 Å². The average molecular weight is 311 g/mol. The summed E-state index contributed by atoms with van der Waals surface area (Å²) >= 11 is 0. The first-order valence-electron chi connectivity index (χ1n) is 6.86. The van der Waals surface area contributed by atoms with E-state index in [1.807, 2.05) is 0 Å². The molecule has 0 aliphatic carbocycles. The average Bonchev–Trinajstić information content (AvgIpc) is 2.71. The van der Waals surface area contributed by atoms with Crippen LogP contribution in [-0.2, 0) is 13.0 Å². The van der Waals surface area contributed by atoms with Gasteiger partial charge in [-0.05, 0) is 25.0 Å². The molecular formula is C15H23BrN2. The van der Waals surface area contributed by atoms with Gasteiger partial charge in [-0.1, -0.05) is 38.8 Å². The Kier molecular flexibility index (Phi) is 6.41. The number of hydrogen-bond donors (Lipinski definition) is 1. The highest BCUT2D eigenvalue weighted by Crippen LogP contribution is 2.11. The molecule has 1 aromatic carbocycles. The van der Waals surface area contributed by atoms with E-state index in [9.17, 15) is 0 Å². The van der Waals surface area contributed by atoms with Crippen LogP contribution < -0.4 is 21.5 Å². The molecule has 100 valence electrons. The van der Waals surface area contributed by atoms with E-state index in [1.54, 1.807) is 0 Å². The monoisotopic (exact) mass is 310 g/mol. The van der Waals surface area contributed by atoms with Crippen LogP contribution in [0.3, 0.4) is 0 Å². The van der Waals surface area contributed by atoms with E-state index < -0.39 is 0 Å². The number of aromatic amines is 1. The second kappa shape index (κ2) is 7.57. The minimum Gasteiger partial charge on any atom is -1.00 e. The second-order valence-corrected chi connectivity index (χ2v) is 4.70. The van der Waals surface area contributed by atoms with Crippen LogP contribution in [0.25, 0.3) is 11.0 Å². The van der Waals surface area contributed by atoms with Gasteiger partial charge in [0.05, 0.1) is 6.54 Å². The van der Waals surface area contributed by atoms with Crippen LogP contribution in [0.2, 0.25) is 0 Å². The lowest BCUT2D eigenvalue weighted by Crippen LogP contribution is -3.00. The normalized spacial score (nSPS) is 10.6. The molecule has 18 heavy (non-hydrogen) atoms. The number of hydrogen-bond acceptors (Lipinski definition) is 0. The van der Waals surface area contributed by atoms with Gasteiger partial charge in [0, 0.05) is 6.42 Å². The Morgan fingerprint density at radius 2 is 1.78 bits per heavy atom. The summed E-state index contributed by atoms with van der Waals surface area (Å²) in [5, 5.41) is 0. The number of halogens is 1. The molecule has 2 nitrogen and oxygen atoms in total. The van der Waals surface area contributed by atoms with Gasteiger partial charge in [0.1, 0.15) is 0 Å². The summed E-state index contributed by atoms with van der Waals surface area (Å²) in [6.45, 7) is 5.64. The number of benzene rings is 1. The van der Waals surface area contributed by atoms with E-state index in [-0.39, 0.29) is 17.0 Å². The molecule has 0 unspecified atom stereocenters. The Morgan fingerprint density at radius 1 is 1.06 bits per heavy atom.